The minimum absolute atomic E-state index is 0.0264. The van der Waals surface area contributed by atoms with Crippen LogP contribution in [-0.2, 0) is 22.5 Å². The molecule has 4 rings (SSSR count). The third kappa shape index (κ3) is 6.85. The Hall–Kier alpha value is -4.45. The first kappa shape index (κ1) is 26.6. The van der Waals surface area contributed by atoms with Gasteiger partial charge >= 0.3 is 6.09 Å². The van der Waals surface area contributed by atoms with Crippen LogP contribution in [0.5, 0.6) is 0 Å². The summed E-state index contributed by atoms with van der Waals surface area (Å²) in [6, 6.07) is 8.79. The Morgan fingerprint density at radius 1 is 1.11 bits per heavy atom. The van der Waals surface area contributed by atoms with Crippen LogP contribution in [0, 0.1) is 17.5 Å². The molecule has 0 bridgehead atoms. The van der Waals surface area contributed by atoms with E-state index in [4.69, 9.17) is 4.74 Å². The van der Waals surface area contributed by atoms with Crippen LogP contribution < -0.4 is 10.7 Å². The average Bonchev–Trinajstić information content (AvgIpc) is 3.41. The number of carbonyl (C=O) groups excluding carboxylic acids is 2. The van der Waals surface area contributed by atoms with Crippen molar-refractivity contribution in [2.75, 3.05) is 11.9 Å². The molecule has 0 radical (unpaired) electrons. The quantitative estimate of drug-likeness (QED) is 0.263. The van der Waals surface area contributed by atoms with Crippen molar-refractivity contribution in [3.8, 4) is 0 Å². The average molecular weight is 527 g/mol. The molecule has 2 aromatic carbocycles. The van der Waals surface area contributed by atoms with Gasteiger partial charge in [-0.3, -0.25) is 15.1 Å². The fourth-order valence-electron chi connectivity index (χ4n) is 3.87. The van der Waals surface area contributed by atoms with Gasteiger partial charge in [-0.1, -0.05) is 12.1 Å². The third-order valence-corrected chi connectivity index (χ3v) is 5.77. The SMILES string of the molecule is CC(=O)N(NCc1cccc(F)c1F)[C@@H](CCc1ncc[nH]1)COC(=O)Nc1cc2cc(F)ccc2cn1. The number of carbonyl (C=O) groups is 2. The van der Waals surface area contributed by atoms with Gasteiger partial charge in [0.05, 0.1) is 6.04 Å². The number of fused-ring (bicyclic) bond motifs is 1. The number of aromatic nitrogens is 3. The van der Waals surface area contributed by atoms with E-state index in [9.17, 15) is 22.8 Å². The Morgan fingerprint density at radius 2 is 1.95 bits per heavy atom. The molecule has 3 N–H and O–H groups in total. The summed E-state index contributed by atoms with van der Waals surface area (Å²) in [5, 5.41) is 4.95. The molecule has 0 unspecified atom stereocenters. The number of amides is 2. The van der Waals surface area contributed by atoms with Gasteiger partial charge in [0.15, 0.2) is 11.6 Å². The molecule has 9 nitrogen and oxygen atoms in total. The first-order valence-corrected chi connectivity index (χ1v) is 11.7. The number of halogens is 3. The summed E-state index contributed by atoms with van der Waals surface area (Å²) in [7, 11) is 0. The maximum atomic E-state index is 14.1. The first-order valence-electron chi connectivity index (χ1n) is 11.7. The molecule has 1 atom stereocenters. The van der Waals surface area contributed by atoms with Crippen molar-refractivity contribution < 1.29 is 27.5 Å². The number of nitrogens with zero attached hydrogens (tertiary/aromatic N) is 3. The topological polar surface area (TPSA) is 112 Å². The van der Waals surface area contributed by atoms with E-state index in [2.05, 4.69) is 25.7 Å². The number of pyridine rings is 1. The van der Waals surface area contributed by atoms with E-state index in [0.29, 0.717) is 29.4 Å². The lowest BCUT2D eigenvalue weighted by molar-refractivity contribution is -0.136. The summed E-state index contributed by atoms with van der Waals surface area (Å²) < 4.78 is 46.7. The standard InChI is InChI=1S/C26H25F3N6O3/c1-16(36)35(33-14-18-3-2-4-22(28)25(18)29)21(7-8-23-30-9-10-31-23)15-38-26(37)34-24-12-19-11-20(27)6-5-17(19)13-32-24/h2-6,9-13,21,33H,7-8,14-15H2,1H3,(H,30,31)(H,32,34,37)/t21-/m0/s1. The maximum absolute atomic E-state index is 14.1. The maximum Gasteiger partial charge on any atom is 0.412 e. The summed E-state index contributed by atoms with van der Waals surface area (Å²) in [4.78, 5) is 36.3. The van der Waals surface area contributed by atoms with Crippen molar-refractivity contribution in [1.29, 1.82) is 0 Å². The number of aromatic amines is 1. The van der Waals surface area contributed by atoms with Crippen LogP contribution in [0.1, 0.15) is 24.7 Å². The highest BCUT2D eigenvalue weighted by molar-refractivity contribution is 5.89. The summed E-state index contributed by atoms with van der Waals surface area (Å²) >= 11 is 0. The number of hydrazine groups is 1. The van der Waals surface area contributed by atoms with Crippen LogP contribution in [0.25, 0.3) is 10.8 Å². The van der Waals surface area contributed by atoms with E-state index in [1.54, 1.807) is 18.5 Å². The number of imidazole rings is 1. The number of rotatable bonds is 10. The number of anilines is 1. The van der Waals surface area contributed by atoms with Crippen LogP contribution in [0.4, 0.5) is 23.8 Å². The fraction of sp³-hybridized carbons (Fsp3) is 0.231. The predicted octanol–water partition coefficient (Wildman–Crippen LogP) is 4.48. The Kier molecular flexibility index (Phi) is 8.54. The van der Waals surface area contributed by atoms with Crippen molar-refractivity contribution in [1.82, 2.24) is 25.4 Å². The summed E-state index contributed by atoms with van der Waals surface area (Å²) in [6.45, 7) is 0.893. The van der Waals surface area contributed by atoms with Crippen LogP contribution in [0.2, 0.25) is 0 Å². The molecule has 0 saturated carbocycles. The summed E-state index contributed by atoms with van der Waals surface area (Å²) in [6.07, 6.45) is 4.64. The molecule has 0 spiro atoms. The first-order chi connectivity index (χ1) is 18.3. The highest BCUT2D eigenvalue weighted by Gasteiger charge is 2.24. The second-order valence-corrected chi connectivity index (χ2v) is 8.45. The molecule has 0 aliphatic heterocycles. The van der Waals surface area contributed by atoms with E-state index < -0.39 is 35.5 Å². The van der Waals surface area contributed by atoms with E-state index in [1.165, 1.54) is 48.5 Å². The fourth-order valence-corrected chi connectivity index (χ4v) is 3.87. The van der Waals surface area contributed by atoms with Gasteiger partial charge in [0, 0.05) is 49.4 Å². The molecular weight excluding hydrogens is 501 g/mol. The largest absolute Gasteiger partial charge is 0.447 e. The third-order valence-electron chi connectivity index (χ3n) is 5.77. The number of hydrogen-bond acceptors (Lipinski definition) is 6. The molecule has 2 amide bonds. The molecule has 12 heteroatoms. The van der Waals surface area contributed by atoms with Gasteiger partial charge in [0.2, 0.25) is 5.91 Å². The Bertz CT molecular complexity index is 1420. The van der Waals surface area contributed by atoms with Crippen LogP contribution in [0.15, 0.2) is 61.1 Å². The van der Waals surface area contributed by atoms with Crippen LogP contribution >= 0.6 is 0 Å². The second-order valence-electron chi connectivity index (χ2n) is 8.45. The van der Waals surface area contributed by atoms with Crippen molar-refractivity contribution in [3.05, 3.63) is 89.9 Å². The Labute approximate surface area is 216 Å². The zero-order valence-corrected chi connectivity index (χ0v) is 20.4. The van der Waals surface area contributed by atoms with Gasteiger partial charge in [0.25, 0.3) is 0 Å². The summed E-state index contributed by atoms with van der Waals surface area (Å²) in [5.41, 5.74) is 2.85. The van der Waals surface area contributed by atoms with E-state index in [-0.39, 0.29) is 24.5 Å². The number of hydrogen-bond donors (Lipinski definition) is 3. The predicted molar refractivity (Wildman–Crippen MR) is 133 cm³/mol. The van der Waals surface area contributed by atoms with Crippen molar-refractivity contribution in [2.24, 2.45) is 0 Å². The van der Waals surface area contributed by atoms with Crippen LogP contribution in [0.3, 0.4) is 0 Å². The second kappa shape index (κ2) is 12.2. The number of aryl methyl sites for hydroxylation is 1. The molecular formula is C26H25F3N6O3. The van der Waals surface area contributed by atoms with Gasteiger partial charge in [-0.2, -0.15) is 0 Å². The molecule has 198 valence electrons. The van der Waals surface area contributed by atoms with Crippen LogP contribution in [-0.4, -0.2) is 44.6 Å². The molecule has 0 fully saturated rings. The lowest BCUT2D eigenvalue weighted by Crippen LogP contribution is -2.50. The Balaban J connectivity index is 1.44. The highest BCUT2D eigenvalue weighted by Crippen LogP contribution is 2.18. The van der Waals surface area contributed by atoms with Gasteiger partial charge in [-0.15, -0.1) is 0 Å². The lowest BCUT2D eigenvalue weighted by atomic mass is 10.1. The molecule has 0 aliphatic rings. The molecule has 38 heavy (non-hydrogen) atoms. The highest BCUT2D eigenvalue weighted by atomic mass is 19.2. The minimum Gasteiger partial charge on any atom is -0.447 e. The zero-order valence-electron chi connectivity index (χ0n) is 20.4. The summed E-state index contributed by atoms with van der Waals surface area (Å²) in [5.74, 6) is -2.05. The van der Waals surface area contributed by atoms with Gasteiger partial charge in [-0.05, 0) is 42.1 Å². The number of H-pyrrole nitrogens is 1. The molecule has 0 aliphatic carbocycles. The van der Waals surface area contributed by atoms with E-state index in [0.717, 1.165) is 6.07 Å². The minimum atomic E-state index is -1.02. The normalized spacial score (nSPS) is 11.8. The molecule has 0 saturated heterocycles. The zero-order chi connectivity index (χ0) is 27.1. The number of nitrogens with one attached hydrogen (secondary N) is 3. The van der Waals surface area contributed by atoms with Crippen molar-refractivity contribution in [2.45, 2.75) is 32.4 Å². The van der Waals surface area contributed by atoms with Crippen molar-refractivity contribution >= 4 is 28.6 Å². The van der Waals surface area contributed by atoms with Gasteiger partial charge in [-0.25, -0.2) is 33.4 Å². The van der Waals surface area contributed by atoms with Crippen molar-refractivity contribution in [3.63, 3.8) is 0 Å². The number of ether oxygens (including phenoxy) is 1. The van der Waals surface area contributed by atoms with Gasteiger partial charge < -0.3 is 9.72 Å². The number of benzene rings is 2. The monoisotopic (exact) mass is 526 g/mol. The van der Waals surface area contributed by atoms with E-state index >= 15 is 0 Å². The van der Waals surface area contributed by atoms with Gasteiger partial charge in [0.1, 0.15) is 24.1 Å². The smallest absolute Gasteiger partial charge is 0.412 e. The molecule has 4 aromatic rings. The lowest BCUT2D eigenvalue weighted by Gasteiger charge is -2.31. The molecule has 2 aromatic heterocycles. The molecule has 2 heterocycles. The Morgan fingerprint density at radius 3 is 2.71 bits per heavy atom. The van der Waals surface area contributed by atoms with E-state index in [1.807, 2.05) is 0 Å².